The van der Waals surface area contributed by atoms with E-state index in [1.807, 2.05) is 13.8 Å². The maximum Gasteiger partial charge on any atom is 0.328 e. The lowest BCUT2D eigenvalue weighted by Gasteiger charge is -2.10. The molecule has 0 radical (unpaired) electrons. The van der Waals surface area contributed by atoms with Gasteiger partial charge in [-0.3, -0.25) is 0 Å². The summed E-state index contributed by atoms with van der Waals surface area (Å²) in [5, 5.41) is 17.7. The quantitative estimate of drug-likeness (QED) is 0.767. The van der Waals surface area contributed by atoms with Crippen LogP contribution in [0.15, 0.2) is 30.3 Å². The average Bonchev–Trinajstić information content (AvgIpc) is 2.26. The Morgan fingerprint density at radius 3 is 2.35 bits per heavy atom. The number of carboxylic acid groups (broad SMARTS) is 1. The van der Waals surface area contributed by atoms with Crippen LogP contribution in [0, 0.1) is 0 Å². The summed E-state index contributed by atoms with van der Waals surface area (Å²) >= 11 is 0. The zero-order chi connectivity index (χ0) is 12.8. The van der Waals surface area contributed by atoms with Crippen LogP contribution in [0.1, 0.15) is 19.4 Å². The minimum Gasteiger partial charge on any atom is -0.491 e. The Morgan fingerprint density at radius 2 is 1.94 bits per heavy atom. The number of benzene rings is 1. The first-order chi connectivity index (χ1) is 8.02. The molecule has 0 spiro atoms. The summed E-state index contributed by atoms with van der Waals surface area (Å²) < 4.78 is 5.47. The monoisotopic (exact) mass is 236 g/mol. The number of carbonyl (C=O) groups is 1. The molecule has 0 aliphatic rings. The second kappa shape index (κ2) is 6.06. The van der Waals surface area contributed by atoms with Crippen LogP contribution < -0.4 is 4.74 Å². The lowest BCUT2D eigenvalue weighted by atomic mass is 10.1. The smallest absolute Gasteiger partial charge is 0.328 e. The predicted octanol–water partition coefficient (Wildman–Crippen LogP) is 1.93. The fraction of sp³-hybridized carbons (Fsp3) is 0.308. The van der Waals surface area contributed by atoms with Crippen molar-refractivity contribution in [1.82, 2.24) is 0 Å². The minimum absolute atomic E-state index is 0.0905. The van der Waals surface area contributed by atoms with Crippen molar-refractivity contribution in [2.75, 3.05) is 6.61 Å². The standard InChI is InChI=1S/C13H16O4/c1-9(2)17-12-5-3-10(4-6-12)11(8-14)7-13(15)16/h3-7,9,14H,8H2,1-2H3,(H,15,16)/b11-7+. The van der Waals surface area contributed by atoms with Crippen LogP contribution in [0.4, 0.5) is 0 Å². The van der Waals surface area contributed by atoms with Gasteiger partial charge in [-0.05, 0) is 37.1 Å². The molecule has 92 valence electrons. The number of hydrogen-bond acceptors (Lipinski definition) is 3. The van der Waals surface area contributed by atoms with Gasteiger partial charge < -0.3 is 14.9 Å². The van der Waals surface area contributed by atoms with E-state index in [1.54, 1.807) is 24.3 Å². The van der Waals surface area contributed by atoms with Gasteiger partial charge in [0.25, 0.3) is 0 Å². The first-order valence-electron chi connectivity index (χ1n) is 5.34. The van der Waals surface area contributed by atoms with Gasteiger partial charge in [-0.2, -0.15) is 0 Å². The topological polar surface area (TPSA) is 66.8 Å². The first kappa shape index (κ1) is 13.3. The van der Waals surface area contributed by atoms with E-state index < -0.39 is 5.97 Å². The third-order valence-corrected chi connectivity index (χ3v) is 2.06. The molecule has 0 aliphatic heterocycles. The lowest BCUT2D eigenvalue weighted by Crippen LogP contribution is -2.05. The summed E-state index contributed by atoms with van der Waals surface area (Å²) in [7, 11) is 0. The lowest BCUT2D eigenvalue weighted by molar-refractivity contribution is -0.131. The molecule has 0 atom stereocenters. The van der Waals surface area contributed by atoms with E-state index in [9.17, 15) is 4.79 Å². The Labute approximate surface area is 100 Å². The van der Waals surface area contributed by atoms with E-state index in [2.05, 4.69) is 0 Å². The summed E-state index contributed by atoms with van der Waals surface area (Å²) in [6.45, 7) is 3.55. The van der Waals surface area contributed by atoms with Crippen LogP contribution >= 0.6 is 0 Å². The van der Waals surface area contributed by atoms with Crippen LogP contribution in [0.25, 0.3) is 5.57 Å². The highest BCUT2D eigenvalue weighted by Crippen LogP contribution is 2.19. The van der Waals surface area contributed by atoms with Gasteiger partial charge in [-0.1, -0.05) is 12.1 Å². The Morgan fingerprint density at radius 1 is 1.35 bits per heavy atom. The molecule has 2 N–H and O–H groups in total. The largest absolute Gasteiger partial charge is 0.491 e. The molecular weight excluding hydrogens is 220 g/mol. The molecule has 0 saturated heterocycles. The van der Waals surface area contributed by atoms with E-state index in [-0.39, 0.29) is 12.7 Å². The molecule has 0 saturated carbocycles. The number of rotatable bonds is 5. The summed E-state index contributed by atoms with van der Waals surface area (Å²) in [5.41, 5.74) is 1.04. The number of ether oxygens (including phenoxy) is 1. The van der Waals surface area contributed by atoms with E-state index in [4.69, 9.17) is 14.9 Å². The Kier molecular flexibility index (Phi) is 4.72. The maximum absolute atomic E-state index is 10.5. The van der Waals surface area contributed by atoms with Crippen LogP contribution in [0.3, 0.4) is 0 Å². The van der Waals surface area contributed by atoms with Crippen LogP contribution in [0.2, 0.25) is 0 Å². The van der Waals surface area contributed by atoms with Gasteiger partial charge in [-0.25, -0.2) is 4.79 Å². The van der Waals surface area contributed by atoms with Crippen molar-refractivity contribution in [3.8, 4) is 5.75 Å². The van der Waals surface area contributed by atoms with Crippen molar-refractivity contribution in [3.63, 3.8) is 0 Å². The highest BCUT2D eigenvalue weighted by atomic mass is 16.5. The number of hydrogen-bond donors (Lipinski definition) is 2. The second-order valence-electron chi connectivity index (χ2n) is 3.86. The minimum atomic E-state index is -1.07. The molecule has 0 unspecified atom stereocenters. The number of aliphatic hydroxyl groups is 1. The summed E-state index contributed by atoms with van der Waals surface area (Å²) in [4.78, 5) is 10.5. The first-order valence-corrected chi connectivity index (χ1v) is 5.34. The van der Waals surface area contributed by atoms with Gasteiger partial charge in [0, 0.05) is 6.08 Å². The van der Waals surface area contributed by atoms with Gasteiger partial charge >= 0.3 is 5.97 Å². The molecule has 0 heterocycles. The molecule has 17 heavy (non-hydrogen) atoms. The molecule has 1 rings (SSSR count). The van der Waals surface area contributed by atoms with E-state index in [1.165, 1.54) is 0 Å². The number of aliphatic carboxylic acids is 1. The van der Waals surface area contributed by atoms with Crippen LogP contribution in [-0.2, 0) is 4.79 Å². The van der Waals surface area contributed by atoms with Crippen molar-refractivity contribution >= 4 is 11.5 Å². The van der Waals surface area contributed by atoms with Gasteiger partial charge in [0.1, 0.15) is 5.75 Å². The summed E-state index contributed by atoms with van der Waals surface area (Å²) in [5.74, 6) is -0.354. The molecular formula is C13H16O4. The van der Waals surface area contributed by atoms with Crippen molar-refractivity contribution < 1.29 is 19.7 Å². The van der Waals surface area contributed by atoms with Crippen molar-refractivity contribution in [1.29, 1.82) is 0 Å². The number of carboxylic acids is 1. The molecule has 0 aromatic heterocycles. The van der Waals surface area contributed by atoms with Gasteiger partial charge in [-0.15, -0.1) is 0 Å². The summed E-state index contributed by atoms with van der Waals surface area (Å²) in [6, 6.07) is 6.95. The third kappa shape index (κ3) is 4.28. The maximum atomic E-state index is 10.5. The molecule has 0 fully saturated rings. The third-order valence-electron chi connectivity index (χ3n) is 2.06. The highest BCUT2D eigenvalue weighted by Gasteiger charge is 2.04. The predicted molar refractivity (Wildman–Crippen MR) is 64.9 cm³/mol. The fourth-order valence-corrected chi connectivity index (χ4v) is 1.39. The average molecular weight is 236 g/mol. The van der Waals surface area contributed by atoms with E-state index in [0.717, 1.165) is 11.8 Å². The van der Waals surface area contributed by atoms with E-state index >= 15 is 0 Å². The van der Waals surface area contributed by atoms with Crippen LogP contribution in [0.5, 0.6) is 5.75 Å². The Bertz CT molecular complexity index is 404. The second-order valence-corrected chi connectivity index (χ2v) is 3.86. The molecule has 4 nitrogen and oxygen atoms in total. The molecule has 0 bridgehead atoms. The van der Waals surface area contributed by atoms with Gasteiger partial charge in [0.2, 0.25) is 0 Å². The summed E-state index contributed by atoms with van der Waals surface area (Å²) in [6.07, 6.45) is 1.09. The number of aliphatic hydroxyl groups excluding tert-OH is 1. The van der Waals surface area contributed by atoms with Gasteiger partial charge in [0.15, 0.2) is 0 Å². The fourth-order valence-electron chi connectivity index (χ4n) is 1.39. The molecule has 0 amide bonds. The normalized spacial score (nSPS) is 11.6. The van der Waals surface area contributed by atoms with Crippen molar-refractivity contribution in [2.45, 2.75) is 20.0 Å². The van der Waals surface area contributed by atoms with Crippen molar-refractivity contribution in [2.24, 2.45) is 0 Å². The molecule has 4 heteroatoms. The Hall–Kier alpha value is -1.81. The zero-order valence-electron chi connectivity index (χ0n) is 9.88. The zero-order valence-corrected chi connectivity index (χ0v) is 9.88. The van der Waals surface area contributed by atoms with Gasteiger partial charge in [0.05, 0.1) is 12.7 Å². The van der Waals surface area contributed by atoms with E-state index in [0.29, 0.717) is 11.1 Å². The van der Waals surface area contributed by atoms with Crippen molar-refractivity contribution in [3.05, 3.63) is 35.9 Å². The Balaban J connectivity index is 2.89. The molecule has 1 aromatic rings. The SMILES string of the molecule is CC(C)Oc1ccc(/C(=C/C(=O)O)CO)cc1. The molecule has 1 aromatic carbocycles. The molecule has 0 aliphatic carbocycles. The van der Waals surface area contributed by atoms with Crippen LogP contribution in [-0.4, -0.2) is 28.9 Å². The highest BCUT2D eigenvalue weighted by molar-refractivity contribution is 5.90.